The molecule has 2 heteroatoms. The zero-order valence-electron chi connectivity index (χ0n) is 10.6. The van der Waals surface area contributed by atoms with Gasteiger partial charge < -0.3 is 4.90 Å². The van der Waals surface area contributed by atoms with Gasteiger partial charge in [0.15, 0.2) is 0 Å². The van der Waals surface area contributed by atoms with Crippen LogP contribution in [0.25, 0.3) is 5.57 Å². The van der Waals surface area contributed by atoms with Crippen LogP contribution in [0.2, 0.25) is 0 Å². The number of rotatable bonds is 1. The first-order valence-electron chi connectivity index (χ1n) is 6.41. The molecule has 1 saturated heterocycles. The largest absolute Gasteiger partial charge is 0.353 e. The van der Waals surface area contributed by atoms with Crippen molar-refractivity contribution in [2.45, 2.75) is 25.3 Å². The molecule has 0 spiro atoms. The summed E-state index contributed by atoms with van der Waals surface area (Å²) in [5.41, 5.74) is 3.66. The lowest BCUT2D eigenvalue weighted by Crippen LogP contribution is -2.47. The van der Waals surface area contributed by atoms with Crippen LogP contribution >= 0.6 is 12.2 Å². The first-order valence-corrected chi connectivity index (χ1v) is 6.82. The molecule has 0 N–H and O–H groups in total. The maximum absolute atomic E-state index is 5.55. The first-order chi connectivity index (χ1) is 8.63. The Balaban J connectivity index is 2.10. The molecular formula is C16H17NS. The first kappa shape index (κ1) is 11.7. The second-order valence-corrected chi connectivity index (χ2v) is 5.69. The molecule has 1 aromatic rings. The highest BCUT2D eigenvalue weighted by molar-refractivity contribution is 7.80. The maximum Gasteiger partial charge on any atom is 0.103 e. The van der Waals surface area contributed by atoms with Crippen LogP contribution in [0.3, 0.4) is 0 Å². The van der Waals surface area contributed by atoms with E-state index in [2.05, 4.69) is 48.7 Å². The average Bonchev–Trinajstić information content (AvgIpc) is 2.79. The molecule has 2 aliphatic rings. The maximum atomic E-state index is 5.55. The SMILES string of the molecule is C=C1C(c2ccccc2)=CC(=S)N2CCCC12C. The van der Waals surface area contributed by atoms with Crippen LogP contribution in [0, 0.1) is 0 Å². The normalized spacial score (nSPS) is 27.2. The fraction of sp³-hybridized carbons (Fsp3) is 0.312. The van der Waals surface area contributed by atoms with Gasteiger partial charge >= 0.3 is 0 Å². The van der Waals surface area contributed by atoms with Crippen molar-refractivity contribution in [2.75, 3.05) is 6.54 Å². The minimum Gasteiger partial charge on any atom is -0.353 e. The molecule has 0 radical (unpaired) electrons. The van der Waals surface area contributed by atoms with E-state index >= 15 is 0 Å². The molecule has 92 valence electrons. The van der Waals surface area contributed by atoms with Crippen molar-refractivity contribution >= 4 is 22.8 Å². The molecule has 1 nitrogen and oxygen atoms in total. The molecule has 1 atom stereocenters. The molecule has 1 aromatic carbocycles. The number of benzene rings is 1. The highest BCUT2D eigenvalue weighted by atomic mass is 32.1. The minimum absolute atomic E-state index is 0.0248. The second-order valence-electron chi connectivity index (χ2n) is 5.27. The number of fused-ring (bicyclic) bond motifs is 1. The van der Waals surface area contributed by atoms with E-state index in [0.29, 0.717) is 0 Å². The third-order valence-corrected chi connectivity index (χ3v) is 4.57. The lowest BCUT2D eigenvalue weighted by Gasteiger charge is -2.42. The summed E-state index contributed by atoms with van der Waals surface area (Å²) < 4.78 is 0. The number of hydrogen-bond donors (Lipinski definition) is 0. The average molecular weight is 255 g/mol. The Morgan fingerprint density at radius 2 is 2.00 bits per heavy atom. The molecule has 0 aromatic heterocycles. The zero-order valence-corrected chi connectivity index (χ0v) is 11.5. The van der Waals surface area contributed by atoms with Gasteiger partial charge in [0.2, 0.25) is 0 Å². The van der Waals surface area contributed by atoms with Crippen LogP contribution in [-0.2, 0) is 0 Å². The zero-order chi connectivity index (χ0) is 12.8. The summed E-state index contributed by atoms with van der Waals surface area (Å²) in [6, 6.07) is 10.4. The van der Waals surface area contributed by atoms with E-state index in [1.165, 1.54) is 23.1 Å². The molecule has 0 bridgehead atoms. The third-order valence-electron chi connectivity index (χ3n) is 4.23. The molecule has 0 amide bonds. The Morgan fingerprint density at radius 3 is 2.72 bits per heavy atom. The lowest BCUT2D eigenvalue weighted by atomic mass is 9.80. The summed E-state index contributed by atoms with van der Waals surface area (Å²) in [5.74, 6) is 0. The topological polar surface area (TPSA) is 3.24 Å². The van der Waals surface area contributed by atoms with Gasteiger partial charge in [0.25, 0.3) is 0 Å². The molecule has 3 rings (SSSR count). The molecule has 0 saturated carbocycles. The third kappa shape index (κ3) is 1.56. The lowest BCUT2D eigenvalue weighted by molar-refractivity contribution is 0.313. The van der Waals surface area contributed by atoms with Crippen LogP contribution in [0.1, 0.15) is 25.3 Å². The molecule has 0 aliphatic carbocycles. The van der Waals surface area contributed by atoms with E-state index in [4.69, 9.17) is 12.2 Å². The fourth-order valence-electron chi connectivity index (χ4n) is 3.08. The second kappa shape index (κ2) is 4.06. The van der Waals surface area contributed by atoms with Crippen molar-refractivity contribution in [2.24, 2.45) is 0 Å². The van der Waals surface area contributed by atoms with Gasteiger partial charge in [0, 0.05) is 6.54 Å². The smallest absolute Gasteiger partial charge is 0.103 e. The minimum atomic E-state index is 0.0248. The van der Waals surface area contributed by atoms with E-state index in [1.807, 2.05) is 6.07 Å². The number of nitrogens with zero attached hydrogens (tertiary/aromatic N) is 1. The van der Waals surface area contributed by atoms with E-state index in [1.54, 1.807) is 0 Å². The van der Waals surface area contributed by atoms with Crippen molar-refractivity contribution in [3.63, 3.8) is 0 Å². The fourth-order valence-corrected chi connectivity index (χ4v) is 3.49. The Hall–Kier alpha value is -1.41. The molecule has 1 fully saturated rings. The van der Waals surface area contributed by atoms with Gasteiger partial charge in [-0.15, -0.1) is 0 Å². The quantitative estimate of drug-likeness (QED) is 0.702. The van der Waals surface area contributed by atoms with Gasteiger partial charge in [-0.3, -0.25) is 0 Å². The summed E-state index contributed by atoms with van der Waals surface area (Å²) in [7, 11) is 0. The van der Waals surface area contributed by atoms with E-state index in [0.717, 1.165) is 18.0 Å². The highest BCUT2D eigenvalue weighted by Crippen LogP contribution is 2.44. The predicted octanol–water partition coefficient (Wildman–Crippen LogP) is 3.82. The summed E-state index contributed by atoms with van der Waals surface area (Å²) in [4.78, 5) is 3.29. The van der Waals surface area contributed by atoms with Crippen molar-refractivity contribution in [3.8, 4) is 0 Å². The van der Waals surface area contributed by atoms with Crippen molar-refractivity contribution < 1.29 is 0 Å². The Kier molecular flexibility index (Phi) is 2.63. The summed E-state index contributed by atoms with van der Waals surface area (Å²) in [5, 5.41) is 0. The van der Waals surface area contributed by atoms with Crippen molar-refractivity contribution in [3.05, 3.63) is 54.1 Å². The van der Waals surface area contributed by atoms with Crippen LogP contribution in [0.15, 0.2) is 48.6 Å². The monoisotopic (exact) mass is 255 g/mol. The standard InChI is InChI=1S/C16H17NS/c1-12-14(13-7-4-3-5-8-13)11-15(18)17-10-6-9-16(12,17)2/h3-5,7-8,11H,1,6,9-10H2,2H3. The van der Waals surface area contributed by atoms with Gasteiger partial charge in [-0.1, -0.05) is 49.1 Å². The summed E-state index contributed by atoms with van der Waals surface area (Å²) in [6.07, 6.45) is 4.46. The molecule has 18 heavy (non-hydrogen) atoms. The van der Waals surface area contributed by atoms with Gasteiger partial charge in [0.1, 0.15) is 4.99 Å². The number of thiocarbonyl (C=S) groups is 1. The van der Waals surface area contributed by atoms with Crippen LogP contribution in [-0.4, -0.2) is 22.0 Å². The highest BCUT2D eigenvalue weighted by Gasteiger charge is 2.43. The Bertz CT molecular complexity index is 543. The van der Waals surface area contributed by atoms with Crippen molar-refractivity contribution in [1.29, 1.82) is 0 Å². The van der Waals surface area contributed by atoms with Gasteiger partial charge in [-0.2, -0.15) is 0 Å². The molecule has 2 aliphatic heterocycles. The van der Waals surface area contributed by atoms with E-state index in [-0.39, 0.29) is 5.54 Å². The summed E-state index contributed by atoms with van der Waals surface area (Å²) >= 11 is 5.55. The van der Waals surface area contributed by atoms with Crippen LogP contribution in [0.5, 0.6) is 0 Å². The van der Waals surface area contributed by atoms with Crippen LogP contribution < -0.4 is 0 Å². The Morgan fingerprint density at radius 1 is 1.28 bits per heavy atom. The van der Waals surface area contributed by atoms with Gasteiger partial charge in [0.05, 0.1) is 5.54 Å². The van der Waals surface area contributed by atoms with Gasteiger partial charge in [-0.05, 0) is 42.6 Å². The van der Waals surface area contributed by atoms with Crippen LogP contribution in [0.4, 0.5) is 0 Å². The molecular weight excluding hydrogens is 238 g/mol. The van der Waals surface area contributed by atoms with E-state index < -0.39 is 0 Å². The molecule has 2 heterocycles. The summed E-state index contributed by atoms with van der Waals surface area (Å²) in [6.45, 7) is 7.68. The Labute approximate surface area is 114 Å². The van der Waals surface area contributed by atoms with Crippen molar-refractivity contribution in [1.82, 2.24) is 4.90 Å². The number of hydrogen-bond acceptors (Lipinski definition) is 1. The predicted molar refractivity (Wildman–Crippen MR) is 80.5 cm³/mol. The molecule has 1 unspecified atom stereocenters. The van der Waals surface area contributed by atoms with Gasteiger partial charge in [-0.25, -0.2) is 0 Å². The van der Waals surface area contributed by atoms with E-state index in [9.17, 15) is 0 Å².